The van der Waals surface area contributed by atoms with Gasteiger partial charge in [0.2, 0.25) is 5.78 Å². The van der Waals surface area contributed by atoms with Crippen LogP contribution in [0.4, 0.5) is 10.2 Å². The van der Waals surface area contributed by atoms with Crippen LogP contribution in [0, 0.1) is 5.82 Å². The lowest BCUT2D eigenvalue weighted by atomic mass is 10.1. The highest BCUT2D eigenvalue weighted by atomic mass is 32.2. The molecule has 186 valence electrons. The molecular weight excluding hydrogens is 483 g/mol. The number of carbonyl (C=O) groups excluding carboxylic acids is 1. The van der Waals surface area contributed by atoms with Crippen LogP contribution in [0.15, 0.2) is 49.1 Å². The van der Waals surface area contributed by atoms with E-state index in [1.54, 1.807) is 18.3 Å². The summed E-state index contributed by atoms with van der Waals surface area (Å²) in [5.74, 6) is -0.818. The van der Waals surface area contributed by atoms with E-state index in [0.717, 1.165) is 7.05 Å². The first-order valence-corrected chi connectivity index (χ1v) is 11.9. The van der Waals surface area contributed by atoms with Crippen molar-refractivity contribution in [3.63, 3.8) is 0 Å². The molecule has 1 aromatic carbocycles. The third-order valence-electron chi connectivity index (χ3n) is 5.52. The number of aromatic nitrogens is 4. The maximum atomic E-state index is 13.4. The number of ketones is 1. The monoisotopic (exact) mass is 506 g/mol. The molecule has 0 amide bonds. The smallest absolute Gasteiger partial charge is 0.335 e. The molecule has 4 N–H and O–H groups in total. The van der Waals surface area contributed by atoms with Gasteiger partial charge in [-0.1, -0.05) is 12.1 Å². The molecule has 0 unspecified atom stereocenters. The molecule has 0 spiro atoms. The third kappa shape index (κ3) is 5.68. The van der Waals surface area contributed by atoms with Crippen molar-refractivity contribution in [2.75, 3.05) is 12.4 Å². The van der Waals surface area contributed by atoms with Gasteiger partial charge in [-0.3, -0.25) is 13.7 Å². The minimum absolute atomic E-state index is 0.0532. The van der Waals surface area contributed by atoms with Gasteiger partial charge in [0, 0.05) is 25.9 Å². The second-order valence-electron chi connectivity index (χ2n) is 7.90. The molecular formula is C21H23FN6O6S. The van der Waals surface area contributed by atoms with Gasteiger partial charge in [0.25, 0.3) is 0 Å². The number of carbonyl (C=O) groups is 1. The van der Waals surface area contributed by atoms with E-state index in [1.807, 2.05) is 4.72 Å². The van der Waals surface area contributed by atoms with E-state index in [2.05, 4.69) is 20.4 Å². The van der Waals surface area contributed by atoms with Gasteiger partial charge in [0.15, 0.2) is 0 Å². The summed E-state index contributed by atoms with van der Waals surface area (Å²) in [6.45, 7) is 0.254. The molecule has 2 heterocycles. The highest BCUT2D eigenvalue weighted by molar-refractivity contribution is 7.84. The number of anilines is 1. The van der Waals surface area contributed by atoms with E-state index >= 15 is 0 Å². The molecule has 0 radical (unpaired) electrons. The van der Waals surface area contributed by atoms with Crippen molar-refractivity contribution in [3.8, 4) is 0 Å². The lowest BCUT2D eigenvalue weighted by Crippen LogP contribution is -2.38. The Morgan fingerprint density at radius 2 is 2.09 bits per heavy atom. The van der Waals surface area contributed by atoms with Gasteiger partial charge >= 0.3 is 10.3 Å². The van der Waals surface area contributed by atoms with Crippen LogP contribution < -0.4 is 10.0 Å². The highest BCUT2D eigenvalue weighted by Gasteiger charge is 2.44. The third-order valence-corrected chi connectivity index (χ3v) is 6.52. The van der Waals surface area contributed by atoms with Crippen LogP contribution in [0.25, 0.3) is 0 Å². The Morgan fingerprint density at radius 3 is 2.83 bits per heavy atom. The second kappa shape index (κ2) is 10.1. The molecule has 14 heteroatoms. The first kappa shape index (κ1) is 24.8. The first-order chi connectivity index (χ1) is 16.7. The number of nitrogens with one attached hydrogen (secondary N) is 2. The van der Waals surface area contributed by atoms with Crippen LogP contribution >= 0.6 is 0 Å². The van der Waals surface area contributed by atoms with Crippen LogP contribution in [0.5, 0.6) is 0 Å². The Hall–Kier alpha value is -3.30. The van der Waals surface area contributed by atoms with Gasteiger partial charge < -0.3 is 15.5 Å². The van der Waals surface area contributed by atoms with Crippen molar-refractivity contribution in [2.24, 2.45) is 0 Å². The summed E-state index contributed by atoms with van der Waals surface area (Å²) in [5, 5.41) is 27.7. The number of hydrogen-bond acceptors (Lipinski definition) is 10. The van der Waals surface area contributed by atoms with E-state index in [-0.39, 0.29) is 35.9 Å². The van der Waals surface area contributed by atoms with Crippen LogP contribution in [-0.4, -0.2) is 75.6 Å². The van der Waals surface area contributed by atoms with E-state index in [0.29, 0.717) is 5.56 Å². The summed E-state index contributed by atoms with van der Waals surface area (Å²) in [6, 6.07) is 6.65. The molecule has 1 saturated carbocycles. The lowest BCUT2D eigenvalue weighted by Gasteiger charge is -2.19. The maximum absolute atomic E-state index is 13.4. The predicted molar refractivity (Wildman–Crippen MR) is 120 cm³/mol. The van der Waals surface area contributed by atoms with Crippen molar-refractivity contribution in [1.29, 1.82) is 0 Å². The Bertz CT molecular complexity index is 1320. The quantitative estimate of drug-likeness (QED) is 0.286. The lowest BCUT2D eigenvalue weighted by molar-refractivity contribution is -0.00882. The van der Waals surface area contributed by atoms with Crippen molar-refractivity contribution >= 4 is 21.9 Å². The molecule has 12 nitrogen and oxygen atoms in total. The van der Waals surface area contributed by atoms with Crippen molar-refractivity contribution in [1.82, 2.24) is 24.5 Å². The number of hydrogen-bond donors (Lipinski definition) is 4. The van der Waals surface area contributed by atoms with Crippen LogP contribution in [-0.2, 0) is 21.0 Å². The molecule has 2 aromatic heterocycles. The zero-order valence-corrected chi connectivity index (χ0v) is 19.3. The summed E-state index contributed by atoms with van der Waals surface area (Å²) < 4.78 is 45.1. The zero-order chi connectivity index (χ0) is 25.2. The fraction of sp³-hybridized carbons (Fsp3) is 0.333. The largest absolute Gasteiger partial charge is 0.388 e. The van der Waals surface area contributed by atoms with Gasteiger partial charge in [0.1, 0.15) is 42.0 Å². The summed E-state index contributed by atoms with van der Waals surface area (Å²) in [7, 11) is -2.94. The van der Waals surface area contributed by atoms with Gasteiger partial charge in [-0.25, -0.2) is 14.4 Å². The van der Waals surface area contributed by atoms with Gasteiger partial charge in [-0.15, -0.1) is 0 Å². The molecule has 4 atom stereocenters. The Balaban J connectivity index is 1.50. The molecule has 0 aliphatic heterocycles. The van der Waals surface area contributed by atoms with E-state index in [9.17, 15) is 27.8 Å². The predicted octanol–water partition coefficient (Wildman–Crippen LogP) is -0.153. The van der Waals surface area contributed by atoms with Crippen molar-refractivity contribution in [2.45, 2.75) is 37.3 Å². The highest BCUT2D eigenvalue weighted by Crippen LogP contribution is 2.28. The fourth-order valence-electron chi connectivity index (χ4n) is 3.76. The van der Waals surface area contributed by atoms with Gasteiger partial charge in [-0.05, 0) is 23.8 Å². The SMILES string of the molecule is CNS(=O)(=O)O[C@@H]1C[C@@H](Nc2ncncc2C(=O)c2ccn(Cc3cccc(F)c3)n2)[C@H](O)[C@H]1O. The molecule has 1 fully saturated rings. The number of halogens is 1. The fourth-order valence-corrected chi connectivity index (χ4v) is 4.37. The standard InChI is InChI=1S/C21H23FN6O6S/c1-23-35(32,33)34-17-8-16(19(30)20(17)31)26-21-14(9-24-11-25-21)18(29)15-5-6-28(27-15)10-12-3-2-4-13(22)7-12/h2-7,9,11,16-17,19-20,23,30-31H,8,10H2,1H3,(H,24,25,26)/t16-,17-,19+,20+/m1/s1. The number of nitrogens with zero attached hydrogens (tertiary/aromatic N) is 4. The maximum Gasteiger partial charge on any atom is 0.335 e. The van der Waals surface area contributed by atoms with E-state index in [1.165, 1.54) is 35.4 Å². The minimum Gasteiger partial charge on any atom is -0.388 e. The summed E-state index contributed by atoms with van der Waals surface area (Å²) in [5.41, 5.74) is 0.813. The molecule has 0 saturated heterocycles. The zero-order valence-electron chi connectivity index (χ0n) is 18.4. The summed E-state index contributed by atoms with van der Waals surface area (Å²) in [6.07, 6.45) is -0.122. The number of aliphatic hydroxyl groups excluding tert-OH is 2. The van der Waals surface area contributed by atoms with Crippen molar-refractivity contribution < 1.29 is 32.0 Å². The molecule has 35 heavy (non-hydrogen) atoms. The normalized spacial score (nSPS) is 22.3. The molecule has 1 aliphatic rings. The minimum atomic E-state index is -4.10. The summed E-state index contributed by atoms with van der Waals surface area (Å²) >= 11 is 0. The molecule has 4 rings (SSSR count). The average Bonchev–Trinajstić information content (AvgIpc) is 3.39. The summed E-state index contributed by atoms with van der Waals surface area (Å²) in [4.78, 5) is 21.1. The first-order valence-electron chi connectivity index (χ1n) is 10.5. The molecule has 3 aromatic rings. The van der Waals surface area contributed by atoms with Crippen LogP contribution in [0.1, 0.15) is 28.0 Å². The Morgan fingerprint density at radius 1 is 1.29 bits per heavy atom. The number of rotatable bonds is 9. The van der Waals surface area contributed by atoms with Crippen molar-refractivity contribution in [3.05, 3.63) is 71.7 Å². The van der Waals surface area contributed by atoms with Crippen LogP contribution in [0.2, 0.25) is 0 Å². The Kier molecular flexibility index (Phi) is 7.18. The topological polar surface area (TPSA) is 169 Å². The Labute approximate surface area is 200 Å². The van der Waals surface area contributed by atoms with E-state index < -0.39 is 40.4 Å². The molecule has 0 bridgehead atoms. The van der Waals surface area contributed by atoms with E-state index in [4.69, 9.17) is 4.18 Å². The number of aliphatic hydroxyl groups is 2. The second-order valence-corrected chi connectivity index (χ2v) is 9.41. The van der Waals surface area contributed by atoms with Gasteiger partial charge in [0.05, 0.1) is 18.2 Å². The van der Waals surface area contributed by atoms with Crippen LogP contribution in [0.3, 0.4) is 0 Å². The van der Waals surface area contributed by atoms with Gasteiger partial charge in [-0.2, -0.15) is 18.2 Å². The molecule has 1 aliphatic carbocycles. The number of benzene rings is 1. The average molecular weight is 507 g/mol.